The Morgan fingerprint density at radius 1 is 1.15 bits per heavy atom. The molecule has 0 atom stereocenters. The fourth-order valence-corrected chi connectivity index (χ4v) is 2.03. The summed E-state index contributed by atoms with van der Waals surface area (Å²) in [6.07, 6.45) is 3.33. The molecule has 3 rings (SSSR count). The molecule has 0 spiro atoms. The second-order valence-corrected chi connectivity index (χ2v) is 4.29. The van der Waals surface area contributed by atoms with Crippen LogP contribution < -0.4 is 15.2 Å². The third kappa shape index (κ3) is 2.01. The van der Waals surface area contributed by atoms with Crippen LogP contribution in [0.5, 0.6) is 11.5 Å². The van der Waals surface area contributed by atoms with Crippen LogP contribution in [-0.2, 0) is 0 Å². The van der Waals surface area contributed by atoms with Crippen molar-refractivity contribution in [2.45, 2.75) is 0 Å². The fourth-order valence-electron chi connectivity index (χ4n) is 2.03. The maximum Gasteiger partial charge on any atom is 0.155 e. The molecule has 0 unspecified atom stereocenters. The number of benzene rings is 1. The average Bonchev–Trinajstić information content (AvgIpc) is 2.89. The Bertz CT molecular complexity index is 767. The molecule has 0 saturated carbocycles. The molecule has 6 nitrogen and oxygen atoms in total. The lowest BCUT2D eigenvalue weighted by molar-refractivity contribution is 0.395. The molecule has 0 aliphatic heterocycles. The quantitative estimate of drug-likeness (QED) is 0.787. The van der Waals surface area contributed by atoms with E-state index in [4.69, 9.17) is 15.2 Å². The number of anilines is 1. The molecule has 3 aromatic rings. The van der Waals surface area contributed by atoms with Gasteiger partial charge in [0, 0.05) is 17.7 Å². The first kappa shape index (κ1) is 12.3. The summed E-state index contributed by atoms with van der Waals surface area (Å²) in [5, 5.41) is 4.46. The van der Waals surface area contributed by atoms with E-state index in [1.54, 1.807) is 31.1 Å². The van der Waals surface area contributed by atoms with E-state index in [-0.39, 0.29) is 0 Å². The van der Waals surface area contributed by atoms with Gasteiger partial charge in [-0.1, -0.05) is 0 Å². The van der Waals surface area contributed by atoms with Crippen LogP contribution in [0.4, 0.5) is 5.69 Å². The monoisotopic (exact) mass is 270 g/mol. The molecule has 102 valence electrons. The Balaban J connectivity index is 2.14. The van der Waals surface area contributed by atoms with Crippen molar-refractivity contribution in [2.75, 3.05) is 20.0 Å². The Morgan fingerprint density at radius 2 is 2.00 bits per heavy atom. The van der Waals surface area contributed by atoms with Crippen molar-refractivity contribution in [2.24, 2.45) is 0 Å². The summed E-state index contributed by atoms with van der Waals surface area (Å²) in [6, 6.07) is 7.47. The minimum atomic E-state index is 0.564. The number of hydrogen-bond donors (Lipinski definition) is 1. The number of ether oxygens (including phenoxy) is 2. The van der Waals surface area contributed by atoms with Gasteiger partial charge < -0.3 is 15.2 Å². The van der Waals surface area contributed by atoms with Gasteiger partial charge in [-0.05, 0) is 12.1 Å². The van der Waals surface area contributed by atoms with Crippen LogP contribution >= 0.6 is 0 Å². The van der Waals surface area contributed by atoms with Crippen molar-refractivity contribution in [1.29, 1.82) is 0 Å². The zero-order valence-electron chi connectivity index (χ0n) is 11.2. The summed E-state index contributed by atoms with van der Waals surface area (Å²) in [7, 11) is 3.23. The number of nitrogens with two attached hydrogens (primary N) is 1. The van der Waals surface area contributed by atoms with Crippen molar-refractivity contribution in [3.05, 3.63) is 36.7 Å². The third-order valence-corrected chi connectivity index (χ3v) is 3.02. The first-order chi connectivity index (χ1) is 9.71. The average molecular weight is 270 g/mol. The second-order valence-electron chi connectivity index (χ2n) is 4.29. The normalized spacial score (nSPS) is 10.7. The van der Waals surface area contributed by atoms with Crippen molar-refractivity contribution in [3.8, 4) is 22.8 Å². The molecule has 0 aliphatic rings. The Labute approximate surface area is 115 Å². The molecule has 20 heavy (non-hydrogen) atoms. The van der Waals surface area contributed by atoms with Crippen LogP contribution in [0.2, 0.25) is 0 Å². The first-order valence-corrected chi connectivity index (χ1v) is 6.04. The molecule has 0 aliphatic carbocycles. The Kier molecular flexibility index (Phi) is 2.90. The van der Waals surface area contributed by atoms with Gasteiger partial charge in [0.25, 0.3) is 0 Å². The molecule has 2 heterocycles. The van der Waals surface area contributed by atoms with Gasteiger partial charge in [-0.2, -0.15) is 5.10 Å². The Morgan fingerprint density at radius 3 is 2.75 bits per heavy atom. The second kappa shape index (κ2) is 4.73. The number of rotatable bonds is 3. The molecule has 2 N–H and O–H groups in total. The van der Waals surface area contributed by atoms with Gasteiger partial charge in [-0.15, -0.1) is 0 Å². The van der Waals surface area contributed by atoms with Gasteiger partial charge in [0.1, 0.15) is 11.5 Å². The van der Waals surface area contributed by atoms with E-state index in [0.29, 0.717) is 11.4 Å². The summed E-state index contributed by atoms with van der Waals surface area (Å²) < 4.78 is 12.2. The van der Waals surface area contributed by atoms with Crippen LogP contribution in [-0.4, -0.2) is 28.8 Å². The molecule has 0 radical (unpaired) electrons. The number of nitrogen functional groups attached to an aromatic ring is 1. The molecule has 0 saturated heterocycles. The molecular weight excluding hydrogens is 256 g/mol. The number of nitrogens with zero attached hydrogens (tertiary/aromatic N) is 3. The maximum atomic E-state index is 5.70. The highest BCUT2D eigenvalue weighted by Gasteiger charge is 2.11. The standard InChI is InChI=1S/C14H14N4O2/c1-19-10-3-4-11(13(5-10)20-2)12-6-14-16-7-9(15)8-18(14)17-12/h3-8H,15H2,1-2H3. The molecule has 0 fully saturated rings. The summed E-state index contributed by atoms with van der Waals surface area (Å²) in [6.45, 7) is 0. The summed E-state index contributed by atoms with van der Waals surface area (Å²) in [4.78, 5) is 4.23. The van der Waals surface area contributed by atoms with Gasteiger partial charge in [0.15, 0.2) is 5.65 Å². The minimum Gasteiger partial charge on any atom is -0.497 e. The van der Waals surface area contributed by atoms with Crippen LogP contribution in [0.3, 0.4) is 0 Å². The minimum absolute atomic E-state index is 0.564. The highest BCUT2D eigenvalue weighted by atomic mass is 16.5. The van der Waals surface area contributed by atoms with Crippen LogP contribution in [0, 0.1) is 0 Å². The van der Waals surface area contributed by atoms with Crippen LogP contribution in [0.15, 0.2) is 36.7 Å². The zero-order valence-corrected chi connectivity index (χ0v) is 11.2. The van der Waals surface area contributed by atoms with Gasteiger partial charge in [0.2, 0.25) is 0 Å². The fraction of sp³-hybridized carbons (Fsp3) is 0.143. The topological polar surface area (TPSA) is 74.7 Å². The summed E-state index contributed by atoms with van der Waals surface area (Å²) in [5.74, 6) is 1.43. The first-order valence-electron chi connectivity index (χ1n) is 6.04. The largest absolute Gasteiger partial charge is 0.497 e. The molecule has 0 amide bonds. The summed E-state index contributed by atoms with van der Waals surface area (Å²) >= 11 is 0. The van der Waals surface area contributed by atoms with Gasteiger partial charge in [-0.25, -0.2) is 9.50 Å². The summed E-state index contributed by atoms with van der Waals surface area (Å²) in [5.41, 5.74) is 8.63. The Hall–Kier alpha value is -2.76. The smallest absolute Gasteiger partial charge is 0.155 e. The lowest BCUT2D eigenvalue weighted by Crippen LogP contribution is -1.94. The van der Waals surface area contributed by atoms with E-state index in [9.17, 15) is 0 Å². The zero-order chi connectivity index (χ0) is 14.1. The van der Waals surface area contributed by atoms with Crippen LogP contribution in [0.25, 0.3) is 16.9 Å². The van der Waals surface area contributed by atoms with E-state index in [1.165, 1.54) is 0 Å². The van der Waals surface area contributed by atoms with E-state index in [1.807, 2.05) is 24.3 Å². The predicted molar refractivity (Wildman–Crippen MR) is 75.9 cm³/mol. The third-order valence-electron chi connectivity index (χ3n) is 3.02. The van der Waals surface area contributed by atoms with E-state index in [2.05, 4.69) is 10.1 Å². The van der Waals surface area contributed by atoms with Gasteiger partial charge >= 0.3 is 0 Å². The van der Waals surface area contributed by atoms with Crippen LogP contribution in [0.1, 0.15) is 0 Å². The highest BCUT2D eigenvalue weighted by Crippen LogP contribution is 2.32. The van der Waals surface area contributed by atoms with E-state index >= 15 is 0 Å². The van der Waals surface area contributed by atoms with Crippen molar-refractivity contribution in [1.82, 2.24) is 14.6 Å². The molecular formula is C14H14N4O2. The number of methoxy groups -OCH3 is 2. The molecule has 1 aromatic carbocycles. The highest BCUT2D eigenvalue weighted by molar-refractivity contribution is 5.71. The van der Waals surface area contributed by atoms with E-state index < -0.39 is 0 Å². The number of fused-ring (bicyclic) bond motifs is 1. The maximum absolute atomic E-state index is 5.70. The van der Waals surface area contributed by atoms with Crippen molar-refractivity contribution >= 4 is 11.3 Å². The van der Waals surface area contributed by atoms with E-state index in [0.717, 1.165) is 22.7 Å². The van der Waals surface area contributed by atoms with Gasteiger partial charge in [0.05, 0.1) is 38.0 Å². The molecule has 0 bridgehead atoms. The number of aromatic nitrogens is 3. The van der Waals surface area contributed by atoms with Crippen molar-refractivity contribution in [3.63, 3.8) is 0 Å². The molecule has 2 aromatic heterocycles. The predicted octanol–water partition coefficient (Wildman–Crippen LogP) is 2.00. The SMILES string of the molecule is COc1ccc(-c2cc3ncc(N)cn3n2)c(OC)c1. The molecule has 6 heteroatoms. The van der Waals surface area contributed by atoms with Gasteiger partial charge in [-0.3, -0.25) is 0 Å². The lowest BCUT2D eigenvalue weighted by atomic mass is 10.1. The van der Waals surface area contributed by atoms with Crippen molar-refractivity contribution < 1.29 is 9.47 Å². The number of hydrogen-bond acceptors (Lipinski definition) is 5. The lowest BCUT2D eigenvalue weighted by Gasteiger charge is -2.08.